The molecule has 1 saturated heterocycles. The normalized spacial score (nSPS) is 21.3. The highest BCUT2D eigenvalue weighted by Gasteiger charge is 2.24. The Labute approximate surface area is 89.7 Å². The number of hydrogen-bond acceptors (Lipinski definition) is 2. The van der Waals surface area contributed by atoms with E-state index in [1.54, 1.807) is 4.90 Å². The van der Waals surface area contributed by atoms with Crippen LogP contribution in [0.5, 0.6) is 0 Å². The first-order chi connectivity index (χ1) is 7.29. The Hall–Kier alpha value is -1.29. The summed E-state index contributed by atoms with van der Waals surface area (Å²) in [5.41, 5.74) is 0. The third-order valence-electron chi connectivity index (χ3n) is 2.92. The molecule has 4 heteroatoms. The molecule has 2 heterocycles. The lowest BCUT2D eigenvalue weighted by Gasteiger charge is -2.26. The predicted octanol–water partition coefficient (Wildman–Crippen LogP) is 0.977. The second kappa shape index (κ2) is 4.49. The molecule has 0 radical (unpaired) electrons. The number of carbonyl (C=O) groups excluding carboxylic acids is 1. The first-order valence-electron chi connectivity index (χ1n) is 5.40. The summed E-state index contributed by atoms with van der Waals surface area (Å²) in [7, 11) is 1.82. The summed E-state index contributed by atoms with van der Waals surface area (Å²) >= 11 is 0. The van der Waals surface area contributed by atoms with Crippen molar-refractivity contribution >= 4 is 11.7 Å². The van der Waals surface area contributed by atoms with Gasteiger partial charge in [-0.05, 0) is 31.5 Å². The van der Waals surface area contributed by atoms with E-state index >= 15 is 0 Å². The molecular formula is C11H17N3O. The van der Waals surface area contributed by atoms with Gasteiger partial charge in [0.05, 0.1) is 5.92 Å². The van der Waals surface area contributed by atoms with Crippen molar-refractivity contribution in [1.29, 1.82) is 0 Å². The van der Waals surface area contributed by atoms with E-state index in [2.05, 4.69) is 10.3 Å². The number of aromatic amines is 1. The molecule has 0 saturated carbocycles. The molecule has 4 nitrogen and oxygen atoms in total. The molecule has 15 heavy (non-hydrogen) atoms. The van der Waals surface area contributed by atoms with Crippen molar-refractivity contribution in [3.63, 3.8) is 0 Å². The molecule has 0 bridgehead atoms. The number of rotatable bonds is 2. The van der Waals surface area contributed by atoms with Crippen LogP contribution in [0.1, 0.15) is 12.8 Å². The first-order valence-corrected chi connectivity index (χ1v) is 5.40. The van der Waals surface area contributed by atoms with Crippen LogP contribution < -0.4 is 10.2 Å². The number of piperidine rings is 1. The maximum atomic E-state index is 12.1. The minimum absolute atomic E-state index is 0.132. The maximum absolute atomic E-state index is 12.1. The molecule has 1 aliphatic rings. The number of nitrogens with zero attached hydrogens (tertiary/aromatic N) is 1. The molecular weight excluding hydrogens is 190 g/mol. The number of carbonyl (C=O) groups is 1. The lowest BCUT2D eigenvalue weighted by atomic mass is 9.98. The van der Waals surface area contributed by atoms with E-state index in [1.165, 1.54) is 0 Å². The first kappa shape index (κ1) is 10.2. The summed E-state index contributed by atoms with van der Waals surface area (Å²) in [6.45, 7) is 1.85. The van der Waals surface area contributed by atoms with Crippen LogP contribution in [0.3, 0.4) is 0 Å². The molecule has 2 N–H and O–H groups in total. The Morgan fingerprint density at radius 3 is 3.07 bits per heavy atom. The van der Waals surface area contributed by atoms with Crippen molar-refractivity contribution in [2.75, 3.05) is 25.0 Å². The molecule has 1 amide bonds. The van der Waals surface area contributed by atoms with Gasteiger partial charge in [0.15, 0.2) is 0 Å². The molecule has 82 valence electrons. The lowest BCUT2D eigenvalue weighted by Crippen LogP contribution is -2.41. The number of anilines is 1. The molecule has 2 rings (SSSR count). The summed E-state index contributed by atoms with van der Waals surface area (Å²) in [4.78, 5) is 16.8. The smallest absolute Gasteiger partial charge is 0.232 e. The van der Waals surface area contributed by atoms with Gasteiger partial charge in [-0.15, -0.1) is 0 Å². The van der Waals surface area contributed by atoms with E-state index < -0.39 is 0 Å². The largest absolute Gasteiger partial charge is 0.348 e. The fourth-order valence-corrected chi connectivity index (χ4v) is 1.98. The van der Waals surface area contributed by atoms with Crippen molar-refractivity contribution in [2.45, 2.75) is 12.8 Å². The summed E-state index contributed by atoms with van der Waals surface area (Å²) in [5.74, 6) is 1.20. The van der Waals surface area contributed by atoms with Crippen LogP contribution in [0.15, 0.2) is 18.3 Å². The van der Waals surface area contributed by atoms with E-state index in [9.17, 15) is 4.79 Å². The van der Waals surface area contributed by atoms with Crippen molar-refractivity contribution in [3.05, 3.63) is 18.3 Å². The number of nitrogens with one attached hydrogen (secondary N) is 2. The van der Waals surface area contributed by atoms with Gasteiger partial charge < -0.3 is 15.2 Å². The predicted molar refractivity (Wildman–Crippen MR) is 59.8 cm³/mol. The zero-order valence-corrected chi connectivity index (χ0v) is 8.99. The Morgan fingerprint density at radius 2 is 2.47 bits per heavy atom. The molecule has 1 aliphatic heterocycles. The van der Waals surface area contributed by atoms with Crippen LogP contribution in [-0.4, -0.2) is 31.0 Å². The molecule has 0 aromatic carbocycles. The highest BCUT2D eigenvalue weighted by molar-refractivity contribution is 5.93. The average Bonchev–Trinajstić information content (AvgIpc) is 2.82. The number of H-pyrrole nitrogens is 1. The molecule has 1 fully saturated rings. The topological polar surface area (TPSA) is 48.1 Å². The number of amides is 1. The minimum Gasteiger partial charge on any atom is -0.348 e. The number of hydrogen-bond donors (Lipinski definition) is 2. The van der Waals surface area contributed by atoms with E-state index in [-0.39, 0.29) is 11.8 Å². The Balaban J connectivity index is 2.00. The Bertz CT molecular complexity index is 315. The number of aromatic nitrogens is 1. The van der Waals surface area contributed by atoms with E-state index in [0.717, 1.165) is 31.7 Å². The van der Waals surface area contributed by atoms with Crippen molar-refractivity contribution in [2.24, 2.45) is 5.92 Å². The summed E-state index contributed by atoms with van der Waals surface area (Å²) < 4.78 is 0. The molecule has 0 aliphatic carbocycles. The summed E-state index contributed by atoms with van der Waals surface area (Å²) in [6, 6.07) is 3.81. The van der Waals surface area contributed by atoms with Gasteiger partial charge in [0.25, 0.3) is 0 Å². The third-order valence-corrected chi connectivity index (χ3v) is 2.92. The minimum atomic E-state index is 0.132. The van der Waals surface area contributed by atoms with Crippen LogP contribution in [0, 0.1) is 5.92 Å². The molecule has 1 atom stereocenters. The fraction of sp³-hybridized carbons (Fsp3) is 0.545. The highest BCUT2D eigenvalue weighted by Crippen LogP contribution is 2.16. The molecule has 1 aromatic heterocycles. The Morgan fingerprint density at radius 1 is 1.60 bits per heavy atom. The van der Waals surface area contributed by atoms with Crippen molar-refractivity contribution in [3.8, 4) is 0 Å². The maximum Gasteiger partial charge on any atom is 0.232 e. The fourth-order valence-electron chi connectivity index (χ4n) is 1.98. The van der Waals surface area contributed by atoms with Gasteiger partial charge in [-0.1, -0.05) is 0 Å². The third kappa shape index (κ3) is 2.21. The zero-order valence-electron chi connectivity index (χ0n) is 8.99. The monoisotopic (exact) mass is 207 g/mol. The van der Waals surface area contributed by atoms with Crippen molar-refractivity contribution < 1.29 is 4.79 Å². The summed E-state index contributed by atoms with van der Waals surface area (Å²) in [6.07, 6.45) is 3.92. The lowest BCUT2D eigenvalue weighted by molar-refractivity contribution is -0.122. The Kier molecular flexibility index (Phi) is 3.06. The van der Waals surface area contributed by atoms with E-state index in [1.807, 2.05) is 25.4 Å². The average molecular weight is 207 g/mol. The van der Waals surface area contributed by atoms with Crippen LogP contribution >= 0.6 is 0 Å². The highest BCUT2D eigenvalue weighted by atomic mass is 16.2. The standard InChI is InChI=1S/C11H17N3O/c1-14(10-5-3-7-13-10)11(15)9-4-2-6-12-8-9/h3,5,7,9,12-13H,2,4,6,8H2,1H3. The van der Waals surface area contributed by atoms with Crippen LogP contribution in [0.4, 0.5) is 5.82 Å². The summed E-state index contributed by atoms with van der Waals surface area (Å²) in [5, 5.41) is 3.26. The SMILES string of the molecule is CN(C(=O)C1CCCNC1)c1ccc[nH]1. The van der Waals surface area contributed by atoms with Gasteiger partial charge >= 0.3 is 0 Å². The molecule has 1 aromatic rings. The van der Waals surface area contributed by atoms with Crippen molar-refractivity contribution in [1.82, 2.24) is 10.3 Å². The molecule has 0 spiro atoms. The van der Waals surface area contributed by atoms with Crippen LogP contribution in [0.2, 0.25) is 0 Å². The van der Waals surface area contributed by atoms with E-state index in [4.69, 9.17) is 0 Å². The van der Waals surface area contributed by atoms with Gasteiger partial charge in [-0.2, -0.15) is 0 Å². The van der Waals surface area contributed by atoms with Gasteiger partial charge in [-0.3, -0.25) is 4.79 Å². The zero-order chi connectivity index (χ0) is 10.7. The van der Waals surface area contributed by atoms with E-state index in [0.29, 0.717) is 0 Å². The molecule has 1 unspecified atom stereocenters. The van der Waals surface area contributed by atoms with Gasteiger partial charge in [-0.25, -0.2) is 0 Å². The quantitative estimate of drug-likeness (QED) is 0.759. The van der Waals surface area contributed by atoms with Gasteiger partial charge in [0.1, 0.15) is 5.82 Å². The van der Waals surface area contributed by atoms with Gasteiger partial charge in [0.2, 0.25) is 5.91 Å². The van der Waals surface area contributed by atoms with Gasteiger partial charge in [0, 0.05) is 19.8 Å². The van der Waals surface area contributed by atoms with Crippen LogP contribution in [-0.2, 0) is 4.79 Å². The second-order valence-corrected chi connectivity index (χ2v) is 4.00. The second-order valence-electron chi connectivity index (χ2n) is 4.00. The van der Waals surface area contributed by atoms with Crippen LogP contribution in [0.25, 0.3) is 0 Å².